The normalized spacial score (nSPS) is 11.4. The SMILES string of the molecule is COC(=O)c1ccc(O[C@H](C)C(=O)Nc2c(F)cccc2F)c([N+](=O)[O-])c1. The van der Waals surface area contributed by atoms with Gasteiger partial charge in [0.2, 0.25) is 0 Å². The number of para-hydroxylation sites is 1. The van der Waals surface area contributed by atoms with E-state index in [1.54, 1.807) is 0 Å². The highest BCUT2D eigenvalue weighted by Crippen LogP contribution is 2.29. The molecule has 1 N–H and O–H groups in total. The Labute approximate surface area is 151 Å². The molecule has 142 valence electrons. The molecule has 0 heterocycles. The second-order valence-corrected chi connectivity index (χ2v) is 5.28. The monoisotopic (exact) mass is 380 g/mol. The number of nitrogens with zero attached hydrogens (tertiary/aromatic N) is 1. The van der Waals surface area contributed by atoms with Gasteiger partial charge in [-0.3, -0.25) is 14.9 Å². The van der Waals surface area contributed by atoms with Crippen molar-refractivity contribution < 1.29 is 32.8 Å². The molecule has 2 aromatic carbocycles. The van der Waals surface area contributed by atoms with Crippen LogP contribution in [-0.4, -0.2) is 30.0 Å². The van der Waals surface area contributed by atoms with Crippen molar-refractivity contribution in [3.63, 3.8) is 0 Å². The summed E-state index contributed by atoms with van der Waals surface area (Å²) < 4.78 is 36.9. The summed E-state index contributed by atoms with van der Waals surface area (Å²) >= 11 is 0. The van der Waals surface area contributed by atoms with Crippen molar-refractivity contribution in [3.05, 3.63) is 63.7 Å². The minimum Gasteiger partial charge on any atom is -0.474 e. The third kappa shape index (κ3) is 4.54. The van der Waals surface area contributed by atoms with Gasteiger partial charge in [0.15, 0.2) is 11.9 Å². The second kappa shape index (κ2) is 8.21. The van der Waals surface area contributed by atoms with Gasteiger partial charge in [0, 0.05) is 6.07 Å². The first kappa shape index (κ1) is 19.8. The highest BCUT2D eigenvalue weighted by atomic mass is 19.1. The maximum absolute atomic E-state index is 13.6. The van der Waals surface area contributed by atoms with Crippen molar-refractivity contribution in [1.29, 1.82) is 0 Å². The molecule has 27 heavy (non-hydrogen) atoms. The van der Waals surface area contributed by atoms with Gasteiger partial charge >= 0.3 is 11.7 Å². The molecule has 0 bridgehead atoms. The number of methoxy groups -OCH3 is 1. The number of nitrogens with one attached hydrogen (secondary N) is 1. The molecule has 0 unspecified atom stereocenters. The first-order valence-corrected chi connectivity index (χ1v) is 7.53. The van der Waals surface area contributed by atoms with E-state index in [1.165, 1.54) is 13.0 Å². The fourth-order valence-corrected chi connectivity index (χ4v) is 2.09. The number of rotatable bonds is 6. The minimum absolute atomic E-state index is 0.0814. The van der Waals surface area contributed by atoms with Crippen LogP contribution in [0, 0.1) is 21.7 Å². The Hall–Kier alpha value is -3.56. The van der Waals surface area contributed by atoms with Gasteiger partial charge in [0.1, 0.15) is 17.3 Å². The molecule has 0 aromatic heterocycles. The number of esters is 1. The molecule has 1 amide bonds. The van der Waals surface area contributed by atoms with Crippen molar-refractivity contribution >= 4 is 23.3 Å². The van der Waals surface area contributed by atoms with Crippen LogP contribution >= 0.6 is 0 Å². The van der Waals surface area contributed by atoms with Gasteiger partial charge in [-0.15, -0.1) is 0 Å². The van der Waals surface area contributed by atoms with Gasteiger partial charge in [-0.25, -0.2) is 13.6 Å². The lowest BCUT2D eigenvalue weighted by atomic mass is 10.2. The fraction of sp³-hybridized carbons (Fsp3) is 0.176. The second-order valence-electron chi connectivity index (χ2n) is 5.28. The van der Waals surface area contributed by atoms with Crippen LogP contribution in [0.1, 0.15) is 17.3 Å². The molecule has 2 aromatic rings. The van der Waals surface area contributed by atoms with Gasteiger partial charge in [-0.05, 0) is 31.2 Å². The Morgan fingerprint density at radius 2 is 1.81 bits per heavy atom. The van der Waals surface area contributed by atoms with Crippen LogP contribution in [0.25, 0.3) is 0 Å². The Morgan fingerprint density at radius 3 is 2.37 bits per heavy atom. The summed E-state index contributed by atoms with van der Waals surface area (Å²) in [7, 11) is 1.12. The van der Waals surface area contributed by atoms with E-state index < -0.39 is 45.9 Å². The van der Waals surface area contributed by atoms with Gasteiger partial charge in [0.25, 0.3) is 5.91 Å². The van der Waals surface area contributed by atoms with Crippen molar-refractivity contribution in [3.8, 4) is 5.75 Å². The smallest absolute Gasteiger partial charge is 0.338 e. The van der Waals surface area contributed by atoms with Crippen LogP contribution in [0.4, 0.5) is 20.2 Å². The number of carbonyl (C=O) groups is 2. The molecule has 0 radical (unpaired) electrons. The summed E-state index contributed by atoms with van der Waals surface area (Å²) in [5.74, 6) is -3.98. The number of hydrogen-bond acceptors (Lipinski definition) is 6. The first-order chi connectivity index (χ1) is 12.7. The summed E-state index contributed by atoms with van der Waals surface area (Å²) in [6.07, 6.45) is -1.33. The third-order valence-corrected chi connectivity index (χ3v) is 3.46. The van der Waals surface area contributed by atoms with Crippen molar-refractivity contribution in [2.75, 3.05) is 12.4 Å². The first-order valence-electron chi connectivity index (χ1n) is 7.53. The van der Waals surface area contributed by atoms with Crippen molar-refractivity contribution in [2.45, 2.75) is 13.0 Å². The molecule has 0 fully saturated rings. The van der Waals surface area contributed by atoms with E-state index in [-0.39, 0.29) is 11.3 Å². The van der Waals surface area contributed by atoms with Crippen LogP contribution < -0.4 is 10.1 Å². The summed E-state index contributed by atoms with van der Waals surface area (Å²) in [6, 6.07) is 6.32. The Morgan fingerprint density at radius 1 is 1.19 bits per heavy atom. The highest BCUT2D eigenvalue weighted by Gasteiger charge is 2.24. The number of nitro benzene ring substituents is 1. The summed E-state index contributed by atoms with van der Waals surface area (Å²) in [5, 5.41) is 13.2. The maximum atomic E-state index is 13.6. The van der Waals surface area contributed by atoms with Crippen LogP contribution in [0.2, 0.25) is 0 Å². The number of amides is 1. The predicted molar refractivity (Wildman–Crippen MR) is 89.5 cm³/mol. The molecular weight excluding hydrogens is 366 g/mol. The van der Waals surface area contributed by atoms with Crippen molar-refractivity contribution in [1.82, 2.24) is 0 Å². The highest BCUT2D eigenvalue weighted by molar-refractivity contribution is 5.94. The third-order valence-electron chi connectivity index (χ3n) is 3.46. The molecule has 0 saturated carbocycles. The van der Waals surface area contributed by atoms with Crippen molar-refractivity contribution in [2.24, 2.45) is 0 Å². The molecule has 10 heteroatoms. The van der Waals surface area contributed by atoms with E-state index in [9.17, 15) is 28.5 Å². The molecule has 0 aliphatic carbocycles. The number of ether oxygens (including phenoxy) is 2. The molecular formula is C17H14F2N2O6. The minimum atomic E-state index is -1.33. The topological polar surface area (TPSA) is 108 Å². The Bertz CT molecular complexity index is 883. The molecule has 1 atom stereocenters. The zero-order valence-corrected chi connectivity index (χ0v) is 14.2. The van der Waals surface area contributed by atoms with E-state index in [2.05, 4.69) is 4.74 Å². The Kier molecular flexibility index (Phi) is 6.01. The number of anilines is 1. The predicted octanol–water partition coefficient (Wildman–Crippen LogP) is 3.07. The molecule has 0 saturated heterocycles. The molecule has 0 aliphatic rings. The van der Waals surface area contributed by atoms with E-state index in [1.807, 2.05) is 5.32 Å². The molecule has 2 rings (SSSR count). The zero-order valence-electron chi connectivity index (χ0n) is 14.2. The van der Waals surface area contributed by atoms with Gasteiger partial charge in [0.05, 0.1) is 17.6 Å². The Balaban J connectivity index is 2.21. The summed E-state index contributed by atoms with van der Waals surface area (Å²) in [5.41, 5.74) is -1.31. The average Bonchev–Trinajstić information content (AvgIpc) is 2.64. The number of benzene rings is 2. The van der Waals surface area contributed by atoms with E-state index in [0.717, 1.165) is 37.4 Å². The maximum Gasteiger partial charge on any atom is 0.338 e. The number of halogens is 2. The van der Waals surface area contributed by atoms with Gasteiger partial charge < -0.3 is 14.8 Å². The lowest BCUT2D eigenvalue weighted by Crippen LogP contribution is -2.31. The number of nitro groups is 1. The summed E-state index contributed by atoms with van der Waals surface area (Å²) in [6.45, 7) is 1.24. The summed E-state index contributed by atoms with van der Waals surface area (Å²) in [4.78, 5) is 34.0. The van der Waals surface area contributed by atoms with Crippen LogP contribution in [0.5, 0.6) is 5.75 Å². The molecule has 0 aliphatic heterocycles. The fourth-order valence-electron chi connectivity index (χ4n) is 2.09. The zero-order chi connectivity index (χ0) is 20.1. The lowest BCUT2D eigenvalue weighted by Gasteiger charge is -2.15. The van der Waals surface area contributed by atoms with Gasteiger partial charge in [-0.2, -0.15) is 0 Å². The molecule has 8 nitrogen and oxygen atoms in total. The van der Waals surface area contributed by atoms with E-state index >= 15 is 0 Å². The molecule has 0 spiro atoms. The van der Waals surface area contributed by atoms with E-state index in [0.29, 0.717) is 0 Å². The lowest BCUT2D eigenvalue weighted by molar-refractivity contribution is -0.386. The standard InChI is InChI=1S/C17H14F2N2O6/c1-9(16(22)20-15-11(18)4-3-5-12(15)19)27-14-7-6-10(17(23)26-2)8-13(14)21(24)25/h3-9H,1-2H3,(H,20,22)/t9-/m1/s1. The van der Waals surface area contributed by atoms with Gasteiger partial charge in [-0.1, -0.05) is 6.07 Å². The van der Waals surface area contributed by atoms with Crippen LogP contribution in [0.3, 0.4) is 0 Å². The average molecular weight is 380 g/mol. The number of hydrogen-bond donors (Lipinski definition) is 1. The largest absolute Gasteiger partial charge is 0.474 e. The van der Waals surface area contributed by atoms with E-state index in [4.69, 9.17) is 4.74 Å². The van der Waals surface area contributed by atoms with Crippen LogP contribution in [-0.2, 0) is 9.53 Å². The van der Waals surface area contributed by atoms with Crippen LogP contribution in [0.15, 0.2) is 36.4 Å². The quantitative estimate of drug-likeness (QED) is 0.469. The number of carbonyl (C=O) groups excluding carboxylic acids is 2.